The minimum absolute atomic E-state index is 0.140. The van der Waals surface area contributed by atoms with Gasteiger partial charge in [-0.3, -0.25) is 9.59 Å². The second kappa shape index (κ2) is 7.70. The van der Waals surface area contributed by atoms with Gasteiger partial charge in [-0.15, -0.1) is 0 Å². The second-order valence-electron chi connectivity index (χ2n) is 5.99. The van der Waals surface area contributed by atoms with Gasteiger partial charge in [-0.05, 0) is 42.6 Å². The van der Waals surface area contributed by atoms with Gasteiger partial charge in [-0.25, -0.2) is 0 Å². The molecular weight excluding hydrogens is 328 g/mol. The van der Waals surface area contributed by atoms with Gasteiger partial charge in [-0.1, -0.05) is 36.4 Å². The fraction of sp³-hybridized carbons (Fsp3) is 0.143. The third-order valence-corrected chi connectivity index (χ3v) is 3.90. The van der Waals surface area contributed by atoms with Crippen molar-refractivity contribution < 1.29 is 14.3 Å². The van der Waals surface area contributed by atoms with Gasteiger partial charge < -0.3 is 15.4 Å². The summed E-state index contributed by atoms with van der Waals surface area (Å²) in [5.74, 6) is 0.288. The van der Waals surface area contributed by atoms with E-state index in [1.54, 1.807) is 31.2 Å². The molecule has 0 spiro atoms. The Kier molecular flexibility index (Phi) is 5.17. The Balaban J connectivity index is 1.67. The Hall–Kier alpha value is -3.34. The van der Waals surface area contributed by atoms with Crippen molar-refractivity contribution in [2.75, 3.05) is 10.6 Å². The van der Waals surface area contributed by atoms with Crippen LogP contribution in [0, 0.1) is 0 Å². The Morgan fingerprint density at radius 2 is 1.46 bits per heavy atom. The monoisotopic (exact) mass is 348 g/mol. The van der Waals surface area contributed by atoms with Gasteiger partial charge >= 0.3 is 0 Å². The molecule has 0 aliphatic heterocycles. The van der Waals surface area contributed by atoms with Gasteiger partial charge in [0.2, 0.25) is 5.91 Å². The maximum absolute atomic E-state index is 12.4. The lowest BCUT2D eigenvalue weighted by Crippen LogP contribution is -2.30. The molecule has 0 saturated carbocycles. The van der Waals surface area contributed by atoms with E-state index in [2.05, 4.69) is 10.6 Å². The molecule has 2 N–H and O–H groups in total. The molecule has 0 fully saturated rings. The lowest BCUT2D eigenvalue weighted by atomic mass is 10.1. The molecule has 2 amide bonds. The molecule has 132 valence electrons. The molecule has 26 heavy (non-hydrogen) atoms. The molecule has 5 heteroatoms. The molecule has 3 aromatic rings. The number of fused-ring (bicyclic) bond motifs is 1. The lowest BCUT2D eigenvalue weighted by molar-refractivity contribution is -0.122. The third kappa shape index (κ3) is 4.19. The topological polar surface area (TPSA) is 67.4 Å². The molecule has 0 radical (unpaired) electrons. The zero-order valence-electron chi connectivity index (χ0n) is 14.7. The van der Waals surface area contributed by atoms with Gasteiger partial charge in [0.1, 0.15) is 5.75 Å². The van der Waals surface area contributed by atoms with E-state index in [1.165, 1.54) is 6.92 Å². The summed E-state index contributed by atoms with van der Waals surface area (Å²) >= 11 is 0. The number of anilines is 2. The fourth-order valence-electron chi connectivity index (χ4n) is 2.63. The minimum Gasteiger partial charge on any atom is -0.480 e. The van der Waals surface area contributed by atoms with Gasteiger partial charge in [0.25, 0.3) is 5.91 Å². The van der Waals surface area contributed by atoms with E-state index in [0.717, 1.165) is 10.8 Å². The normalized spacial score (nSPS) is 11.6. The number of nitrogens with one attached hydrogen (secondary N) is 2. The SMILES string of the molecule is CC(=O)Nc1ccc(NC(=O)[C@@H](C)Oc2cccc3ccccc23)cc1. The van der Waals surface area contributed by atoms with Crippen molar-refractivity contribution >= 4 is 34.0 Å². The minimum atomic E-state index is -0.657. The number of rotatable bonds is 5. The molecule has 1 atom stereocenters. The van der Waals surface area contributed by atoms with Gasteiger partial charge in [0.15, 0.2) is 6.10 Å². The average molecular weight is 348 g/mol. The van der Waals surface area contributed by atoms with Gasteiger partial charge in [0.05, 0.1) is 0 Å². The first-order chi connectivity index (χ1) is 12.5. The van der Waals surface area contributed by atoms with Crippen LogP contribution in [0.25, 0.3) is 10.8 Å². The molecule has 0 aliphatic carbocycles. The molecule has 0 heterocycles. The first-order valence-electron chi connectivity index (χ1n) is 8.36. The van der Waals surface area contributed by atoms with Crippen LogP contribution in [0.5, 0.6) is 5.75 Å². The first kappa shape index (κ1) is 17.5. The van der Waals surface area contributed by atoms with Gasteiger partial charge in [-0.2, -0.15) is 0 Å². The van der Waals surface area contributed by atoms with E-state index in [1.807, 2.05) is 42.5 Å². The molecule has 0 unspecified atom stereocenters. The lowest BCUT2D eigenvalue weighted by Gasteiger charge is -2.16. The maximum atomic E-state index is 12.4. The summed E-state index contributed by atoms with van der Waals surface area (Å²) in [5, 5.41) is 7.52. The van der Waals surface area contributed by atoms with Crippen LogP contribution in [0.3, 0.4) is 0 Å². The maximum Gasteiger partial charge on any atom is 0.265 e. The summed E-state index contributed by atoms with van der Waals surface area (Å²) in [7, 11) is 0. The van der Waals surface area contributed by atoms with E-state index >= 15 is 0 Å². The number of carbonyl (C=O) groups is 2. The van der Waals surface area contributed by atoms with Gasteiger partial charge in [0, 0.05) is 23.7 Å². The molecule has 0 saturated heterocycles. The van der Waals surface area contributed by atoms with Crippen molar-refractivity contribution in [2.24, 2.45) is 0 Å². The highest BCUT2D eigenvalue weighted by Crippen LogP contribution is 2.26. The highest BCUT2D eigenvalue weighted by molar-refractivity contribution is 5.95. The summed E-state index contributed by atoms with van der Waals surface area (Å²) in [4.78, 5) is 23.4. The second-order valence-corrected chi connectivity index (χ2v) is 5.99. The number of carbonyl (C=O) groups excluding carboxylic acids is 2. The average Bonchev–Trinajstić information content (AvgIpc) is 2.63. The van der Waals surface area contributed by atoms with E-state index < -0.39 is 6.10 Å². The quantitative estimate of drug-likeness (QED) is 0.726. The number of benzene rings is 3. The largest absolute Gasteiger partial charge is 0.480 e. The van der Waals surface area contributed by atoms with Crippen LogP contribution in [0.4, 0.5) is 11.4 Å². The number of ether oxygens (including phenoxy) is 1. The zero-order chi connectivity index (χ0) is 18.5. The number of hydrogen-bond donors (Lipinski definition) is 2. The summed E-state index contributed by atoms with van der Waals surface area (Å²) in [5.41, 5.74) is 1.31. The highest BCUT2D eigenvalue weighted by atomic mass is 16.5. The van der Waals surface area contributed by atoms with Crippen LogP contribution in [-0.2, 0) is 9.59 Å². The van der Waals surface area contributed by atoms with E-state index in [-0.39, 0.29) is 11.8 Å². The zero-order valence-corrected chi connectivity index (χ0v) is 14.7. The van der Waals surface area contributed by atoms with Crippen LogP contribution >= 0.6 is 0 Å². The van der Waals surface area contributed by atoms with Crippen LogP contribution in [-0.4, -0.2) is 17.9 Å². The summed E-state index contributed by atoms with van der Waals surface area (Å²) in [6.45, 7) is 3.16. The number of amides is 2. The molecule has 0 aromatic heterocycles. The fourth-order valence-corrected chi connectivity index (χ4v) is 2.63. The van der Waals surface area contributed by atoms with Crippen LogP contribution < -0.4 is 15.4 Å². The van der Waals surface area contributed by atoms with E-state index in [0.29, 0.717) is 17.1 Å². The van der Waals surface area contributed by atoms with E-state index in [4.69, 9.17) is 4.74 Å². The van der Waals surface area contributed by atoms with Crippen molar-refractivity contribution in [1.29, 1.82) is 0 Å². The van der Waals surface area contributed by atoms with Crippen molar-refractivity contribution in [3.63, 3.8) is 0 Å². The summed E-state index contributed by atoms with van der Waals surface area (Å²) in [6.07, 6.45) is -0.657. The predicted molar refractivity (Wildman–Crippen MR) is 103 cm³/mol. The molecule has 3 aromatic carbocycles. The van der Waals surface area contributed by atoms with Crippen LogP contribution in [0.1, 0.15) is 13.8 Å². The van der Waals surface area contributed by atoms with Crippen molar-refractivity contribution in [1.82, 2.24) is 0 Å². The smallest absolute Gasteiger partial charge is 0.265 e. The van der Waals surface area contributed by atoms with Crippen LogP contribution in [0.2, 0.25) is 0 Å². The Morgan fingerprint density at radius 3 is 2.15 bits per heavy atom. The Morgan fingerprint density at radius 1 is 0.846 bits per heavy atom. The Bertz CT molecular complexity index is 930. The molecule has 0 aliphatic rings. The molecule has 3 rings (SSSR count). The molecule has 5 nitrogen and oxygen atoms in total. The first-order valence-corrected chi connectivity index (χ1v) is 8.36. The van der Waals surface area contributed by atoms with Crippen LogP contribution in [0.15, 0.2) is 66.7 Å². The van der Waals surface area contributed by atoms with E-state index in [9.17, 15) is 9.59 Å². The highest BCUT2D eigenvalue weighted by Gasteiger charge is 2.16. The molecular formula is C21H20N2O3. The van der Waals surface area contributed by atoms with Crippen molar-refractivity contribution in [3.8, 4) is 5.75 Å². The van der Waals surface area contributed by atoms with Crippen molar-refractivity contribution in [3.05, 3.63) is 66.7 Å². The Labute approximate surface area is 152 Å². The van der Waals surface area contributed by atoms with Crippen molar-refractivity contribution in [2.45, 2.75) is 20.0 Å². The summed E-state index contributed by atoms with van der Waals surface area (Å²) < 4.78 is 5.87. The predicted octanol–water partition coefficient (Wildman–Crippen LogP) is 4.20. The third-order valence-electron chi connectivity index (χ3n) is 3.90. The number of hydrogen-bond acceptors (Lipinski definition) is 3. The standard InChI is InChI=1S/C21H20N2O3/c1-14(26-20-9-5-7-16-6-3-4-8-19(16)20)21(25)23-18-12-10-17(11-13-18)22-15(2)24/h3-14H,1-2H3,(H,22,24)(H,23,25)/t14-/m1/s1. The summed E-state index contributed by atoms with van der Waals surface area (Å²) in [6, 6.07) is 20.6. The molecule has 0 bridgehead atoms.